The molecule has 2 aliphatic rings. The Morgan fingerprint density at radius 3 is 1.36 bits per heavy atom. The molecular formula is C61H115NO13. The van der Waals surface area contributed by atoms with Crippen molar-refractivity contribution in [3.8, 4) is 0 Å². The second-order valence-corrected chi connectivity index (χ2v) is 22.2. The van der Waals surface area contributed by atoms with E-state index in [9.17, 15) is 45.6 Å². The van der Waals surface area contributed by atoms with E-state index in [-0.39, 0.29) is 12.5 Å². The van der Waals surface area contributed by atoms with Crippen molar-refractivity contribution in [1.82, 2.24) is 5.32 Å². The monoisotopic (exact) mass is 1070 g/mol. The predicted molar refractivity (Wildman–Crippen MR) is 300 cm³/mol. The highest BCUT2D eigenvalue weighted by Gasteiger charge is 2.51. The number of carbonyl (C=O) groups excluding carboxylic acids is 1. The van der Waals surface area contributed by atoms with Crippen LogP contribution >= 0.6 is 0 Å². The zero-order valence-electron chi connectivity index (χ0n) is 47.6. The first-order valence-corrected chi connectivity index (χ1v) is 31.1. The van der Waals surface area contributed by atoms with Gasteiger partial charge in [0.15, 0.2) is 12.6 Å². The van der Waals surface area contributed by atoms with Crippen LogP contribution in [0.3, 0.4) is 0 Å². The number of hydrogen-bond acceptors (Lipinski definition) is 13. The molecule has 0 saturated carbocycles. The Hall–Kier alpha value is -1.53. The maximum absolute atomic E-state index is 13.3. The van der Waals surface area contributed by atoms with E-state index in [0.29, 0.717) is 12.8 Å². The molecule has 0 aliphatic carbocycles. The number of aliphatic hydroxyl groups is 8. The molecule has 0 bridgehead atoms. The van der Waals surface area contributed by atoms with E-state index in [0.717, 1.165) is 64.2 Å². The van der Waals surface area contributed by atoms with Gasteiger partial charge in [-0.05, 0) is 44.9 Å². The molecule has 1 amide bonds. The van der Waals surface area contributed by atoms with Gasteiger partial charge in [-0.1, -0.05) is 237 Å². The van der Waals surface area contributed by atoms with Gasteiger partial charge in [-0.2, -0.15) is 0 Å². The molecule has 75 heavy (non-hydrogen) atoms. The lowest BCUT2D eigenvalue weighted by Crippen LogP contribution is -2.65. The summed E-state index contributed by atoms with van der Waals surface area (Å²) in [5, 5.41) is 87.4. The number of nitrogens with one attached hydrogen (secondary N) is 1. The van der Waals surface area contributed by atoms with E-state index in [4.69, 9.17) is 18.9 Å². The minimum absolute atomic E-state index is 0.208. The average molecular weight is 1070 g/mol. The molecule has 2 heterocycles. The van der Waals surface area contributed by atoms with E-state index >= 15 is 0 Å². The number of ether oxygens (including phenoxy) is 4. The number of hydrogen-bond donors (Lipinski definition) is 9. The highest BCUT2D eigenvalue weighted by molar-refractivity contribution is 5.76. The zero-order valence-corrected chi connectivity index (χ0v) is 47.6. The summed E-state index contributed by atoms with van der Waals surface area (Å²) in [6, 6.07) is -0.830. The molecule has 2 saturated heterocycles. The van der Waals surface area contributed by atoms with Gasteiger partial charge in [0, 0.05) is 6.42 Å². The van der Waals surface area contributed by atoms with Crippen molar-refractivity contribution in [2.45, 2.75) is 338 Å². The molecule has 0 aromatic heterocycles. The fourth-order valence-electron chi connectivity index (χ4n) is 10.4. The van der Waals surface area contributed by atoms with Crippen molar-refractivity contribution in [2.24, 2.45) is 0 Å². The maximum Gasteiger partial charge on any atom is 0.220 e. The van der Waals surface area contributed by atoms with Gasteiger partial charge in [-0.15, -0.1) is 0 Å². The van der Waals surface area contributed by atoms with Gasteiger partial charge in [0.25, 0.3) is 0 Å². The number of aliphatic hydroxyl groups excluding tert-OH is 8. The van der Waals surface area contributed by atoms with Crippen LogP contribution in [0.25, 0.3) is 0 Å². The fourth-order valence-corrected chi connectivity index (χ4v) is 10.4. The normalized spacial score (nSPS) is 25.1. The fraction of sp³-hybridized carbons (Fsp3) is 0.918. The van der Waals surface area contributed by atoms with E-state index in [2.05, 4.69) is 43.5 Å². The van der Waals surface area contributed by atoms with Gasteiger partial charge >= 0.3 is 0 Å². The zero-order chi connectivity index (χ0) is 54.6. The predicted octanol–water partition coefficient (Wildman–Crippen LogP) is 10.8. The molecule has 12 atom stereocenters. The molecule has 14 nitrogen and oxygen atoms in total. The summed E-state index contributed by atoms with van der Waals surface area (Å²) in [6.07, 6.45) is 38.8. The van der Waals surface area contributed by atoms with Crippen LogP contribution in [0.5, 0.6) is 0 Å². The smallest absolute Gasteiger partial charge is 0.220 e. The van der Waals surface area contributed by atoms with Crippen LogP contribution in [-0.2, 0) is 23.7 Å². The molecule has 9 N–H and O–H groups in total. The van der Waals surface area contributed by atoms with Gasteiger partial charge in [0.2, 0.25) is 5.91 Å². The molecule has 14 heteroatoms. The van der Waals surface area contributed by atoms with Crippen molar-refractivity contribution >= 4 is 5.91 Å². The first-order chi connectivity index (χ1) is 36.6. The highest BCUT2D eigenvalue weighted by Crippen LogP contribution is 2.30. The van der Waals surface area contributed by atoms with Gasteiger partial charge in [-0.3, -0.25) is 4.79 Å². The molecule has 0 aromatic carbocycles. The number of allylic oxidation sites excluding steroid dienone is 4. The van der Waals surface area contributed by atoms with Crippen molar-refractivity contribution in [2.75, 3.05) is 19.8 Å². The van der Waals surface area contributed by atoms with Crippen molar-refractivity contribution < 1.29 is 64.6 Å². The lowest BCUT2D eigenvalue weighted by Gasteiger charge is -2.46. The first kappa shape index (κ1) is 69.6. The Morgan fingerprint density at radius 1 is 0.480 bits per heavy atom. The third-order valence-electron chi connectivity index (χ3n) is 15.4. The quantitative estimate of drug-likeness (QED) is 0.0204. The number of rotatable bonds is 50. The van der Waals surface area contributed by atoms with Crippen LogP contribution in [0, 0.1) is 0 Å². The van der Waals surface area contributed by atoms with Gasteiger partial charge in [-0.25, -0.2) is 0 Å². The largest absolute Gasteiger partial charge is 0.394 e. The molecule has 0 spiro atoms. The van der Waals surface area contributed by atoms with Crippen LogP contribution in [0.1, 0.15) is 264 Å². The molecule has 0 radical (unpaired) electrons. The summed E-state index contributed by atoms with van der Waals surface area (Å²) in [4.78, 5) is 13.3. The molecule has 442 valence electrons. The summed E-state index contributed by atoms with van der Waals surface area (Å²) in [5.74, 6) is -0.208. The van der Waals surface area contributed by atoms with E-state index in [1.165, 1.54) is 173 Å². The molecule has 2 rings (SSSR count). The Kier molecular flexibility index (Phi) is 43.9. The van der Waals surface area contributed by atoms with Crippen LogP contribution in [0.15, 0.2) is 24.3 Å². The molecular weight excluding hydrogens is 955 g/mol. The Balaban J connectivity index is 1.74. The lowest BCUT2D eigenvalue weighted by molar-refractivity contribution is -0.359. The van der Waals surface area contributed by atoms with Gasteiger partial charge in [0.05, 0.1) is 32.0 Å². The number of carbonyl (C=O) groups is 1. The number of unbranched alkanes of at least 4 members (excludes halogenated alkanes) is 33. The summed E-state index contributed by atoms with van der Waals surface area (Å²) in [5.41, 5.74) is 0. The number of amides is 1. The Bertz CT molecular complexity index is 1350. The third kappa shape index (κ3) is 33.0. The Labute approximate surface area is 456 Å². The average Bonchev–Trinajstić information content (AvgIpc) is 3.41. The molecule has 0 aromatic rings. The lowest BCUT2D eigenvalue weighted by atomic mass is 9.97. The second kappa shape index (κ2) is 47.3. The van der Waals surface area contributed by atoms with Crippen molar-refractivity contribution in [3.63, 3.8) is 0 Å². The maximum atomic E-state index is 13.3. The minimum atomic E-state index is -1.78. The summed E-state index contributed by atoms with van der Waals surface area (Å²) in [6.45, 7) is 2.86. The standard InChI is InChI=1S/C61H115NO13/c1-3-5-7-9-11-13-15-17-19-21-23-24-25-27-28-30-32-34-36-38-40-42-44-50(65)49(62-53(66)45-43-41-39-37-35-33-31-29-26-22-20-18-16-14-12-10-8-6-4-2)48-72-60-58(71)56(69)59(52(47-64)74-60)75-61-57(70)55(68)54(67)51(46-63)73-61/h12,14,18,20,49-52,54-61,63-65,67-71H,3-11,13,15-17,19,21-48H2,1-2H3,(H,62,66)/b14-12-,20-18-. The topological polar surface area (TPSA) is 228 Å². The van der Waals surface area contributed by atoms with Gasteiger partial charge in [0.1, 0.15) is 48.8 Å². The second-order valence-electron chi connectivity index (χ2n) is 22.2. The minimum Gasteiger partial charge on any atom is -0.394 e. The molecule has 2 fully saturated rings. The van der Waals surface area contributed by atoms with Crippen LogP contribution in [0.2, 0.25) is 0 Å². The SMILES string of the molecule is CCCCC/C=C\C/C=C\CCCCCCCCCCCC(=O)NC(COC1OC(CO)C(OC2OC(CO)C(O)C(O)C2O)C(O)C1O)C(O)CCCCCCCCCCCCCCCCCCCCCCCC. The van der Waals surface area contributed by atoms with Crippen LogP contribution in [-0.4, -0.2) is 140 Å². The summed E-state index contributed by atoms with van der Waals surface area (Å²) >= 11 is 0. The summed E-state index contributed by atoms with van der Waals surface area (Å²) in [7, 11) is 0. The molecule has 12 unspecified atom stereocenters. The van der Waals surface area contributed by atoms with E-state index < -0.39 is 86.8 Å². The molecule has 2 aliphatic heterocycles. The summed E-state index contributed by atoms with van der Waals surface area (Å²) < 4.78 is 22.9. The van der Waals surface area contributed by atoms with E-state index in [1.807, 2.05) is 0 Å². The first-order valence-electron chi connectivity index (χ1n) is 31.1. The van der Waals surface area contributed by atoms with Crippen molar-refractivity contribution in [3.05, 3.63) is 24.3 Å². The Morgan fingerprint density at radius 2 is 0.880 bits per heavy atom. The third-order valence-corrected chi connectivity index (χ3v) is 15.4. The van der Waals surface area contributed by atoms with Crippen molar-refractivity contribution in [1.29, 1.82) is 0 Å². The highest BCUT2D eigenvalue weighted by atomic mass is 16.7. The van der Waals surface area contributed by atoms with Gasteiger partial charge < -0.3 is 65.1 Å². The van der Waals surface area contributed by atoms with E-state index in [1.54, 1.807) is 0 Å². The van der Waals surface area contributed by atoms with Crippen LogP contribution in [0.4, 0.5) is 0 Å². The van der Waals surface area contributed by atoms with Crippen LogP contribution < -0.4 is 5.32 Å².